The molecule has 0 saturated heterocycles. The van der Waals surface area contributed by atoms with Crippen molar-refractivity contribution < 1.29 is 9.90 Å². The minimum absolute atomic E-state index is 0.0262. The summed E-state index contributed by atoms with van der Waals surface area (Å²) in [6.07, 6.45) is 2.21. The second-order valence-corrected chi connectivity index (χ2v) is 5.29. The Morgan fingerprint density at radius 2 is 2.11 bits per heavy atom. The average molecular weight is 251 g/mol. The Morgan fingerprint density at radius 1 is 1.44 bits per heavy atom. The van der Waals surface area contributed by atoms with Crippen LogP contribution in [0.4, 0.5) is 5.95 Å². The van der Waals surface area contributed by atoms with Gasteiger partial charge in [-0.05, 0) is 24.8 Å². The number of anilines is 1. The summed E-state index contributed by atoms with van der Waals surface area (Å²) in [7, 11) is 0. The number of aromatic carboxylic acids is 1. The van der Waals surface area contributed by atoms with Gasteiger partial charge < -0.3 is 10.4 Å². The summed E-state index contributed by atoms with van der Waals surface area (Å²) >= 11 is 0. The van der Waals surface area contributed by atoms with E-state index in [2.05, 4.69) is 36.1 Å². The molecule has 1 heterocycles. The molecule has 0 saturated carbocycles. The highest BCUT2D eigenvalue weighted by Gasteiger charge is 2.17. The smallest absolute Gasteiger partial charge is 0.354 e. The summed E-state index contributed by atoms with van der Waals surface area (Å²) in [4.78, 5) is 19.1. The first-order chi connectivity index (χ1) is 8.34. The van der Waals surface area contributed by atoms with E-state index < -0.39 is 5.97 Å². The van der Waals surface area contributed by atoms with Crippen molar-refractivity contribution in [3.05, 3.63) is 17.5 Å². The lowest BCUT2D eigenvalue weighted by Crippen LogP contribution is -2.24. The van der Waals surface area contributed by atoms with Crippen molar-refractivity contribution in [2.75, 3.05) is 11.9 Å². The van der Waals surface area contributed by atoms with Gasteiger partial charge in [-0.25, -0.2) is 14.8 Å². The van der Waals surface area contributed by atoms with E-state index in [0.29, 0.717) is 11.6 Å². The van der Waals surface area contributed by atoms with Crippen LogP contribution in [0.25, 0.3) is 0 Å². The van der Waals surface area contributed by atoms with Crippen LogP contribution in [0.15, 0.2) is 6.07 Å². The van der Waals surface area contributed by atoms with Crippen molar-refractivity contribution in [1.29, 1.82) is 0 Å². The molecule has 0 aliphatic carbocycles. The molecular formula is C13H21N3O2. The lowest BCUT2D eigenvalue weighted by Gasteiger charge is -2.24. The Bertz CT molecular complexity index is 430. The first-order valence-electron chi connectivity index (χ1n) is 6.17. The first kappa shape index (κ1) is 14.4. The van der Waals surface area contributed by atoms with Crippen molar-refractivity contribution in [3.8, 4) is 0 Å². The van der Waals surface area contributed by atoms with Crippen LogP contribution in [0.3, 0.4) is 0 Å². The molecule has 0 amide bonds. The molecule has 0 aliphatic heterocycles. The normalized spacial score (nSPS) is 11.3. The Balaban J connectivity index is 2.76. The number of nitrogens with one attached hydrogen (secondary N) is 1. The van der Waals surface area contributed by atoms with Gasteiger partial charge in [0.2, 0.25) is 5.95 Å². The largest absolute Gasteiger partial charge is 0.477 e. The zero-order valence-electron chi connectivity index (χ0n) is 11.4. The molecule has 0 bridgehead atoms. The third-order valence-corrected chi connectivity index (χ3v) is 2.73. The van der Waals surface area contributed by atoms with E-state index in [-0.39, 0.29) is 11.1 Å². The van der Waals surface area contributed by atoms with Gasteiger partial charge in [-0.15, -0.1) is 0 Å². The zero-order valence-corrected chi connectivity index (χ0v) is 11.4. The number of aromatic nitrogens is 2. The maximum absolute atomic E-state index is 10.9. The number of hydrogen-bond donors (Lipinski definition) is 2. The fourth-order valence-corrected chi connectivity index (χ4v) is 1.84. The van der Waals surface area contributed by atoms with E-state index in [9.17, 15) is 4.79 Å². The minimum atomic E-state index is -1.03. The van der Waals surface area contributed by atoms with E-state index in [0.717, 1.165) is 19.4 Å². The number of rotatable bonds is 6. The second-order valence-electron chi connectivity index (χ2n) is 5.29. The standard InChI is InChI=1S/C13H21N3O2/c1-5-6-13(3,4)8-14-12-15-9(2)7-10(16-12)11(17)18/h7H,5-6,8H2,1-4H3,(H,17,18)(H,14,15,16). The average Bonchev–Trinajstić information content (AvgIpc) is 2.26. The van der Waals surface area contributed by atoms with Gasteiger partial charge in [0.1, 0.15) is 0 Å². The van der Waals surface area contributed by atoms with Crippen molar-refractivity contribution in [2.45, 2.75) is 40.5 Å². The van der Waals surface area contributed by atoms with Crippen LogP contribution in [-0.2, 0) is 0 Å². The molecule has 0 spiro atoms. The first-order valence-corrected chi connectivity index (χ1v) is 6.17. The summed E-state index contributed by atoms with van der Waals surface area (Å²) in [5.41, 5.74) is 0.821. The molecule has 0 atom stereocenters. The third kappa shape index (κ3) is 4.31. The topological polar surface area (TPSA) is 75.1 Å². The van der Waals surface area contributed by atoms with Gasteiger partial charge >= 0.3 is 5.97 Å². The molecule has 0 radical (unpaired) electrons. The number of hydrogen-bond acceptors (Lipinski definition) is 4. The lowest BCUT2D eigenvalue weighted by molar-refractivity contribution is 0.0690. The highest BCUT2D eigenvalue weighted by molar-refractivity contribution is 5.85. The highest BCUT2D eigenvalue weighted by Crippen LogP contribution is 2.22. The third-order valence-electron chi connectivity index (χ3n) is 2.73. The SMILES string of the molecule is CCCC(C)(C)CNc1nc(C)cc(C(=O)O)n1. The van der Waals surface area contributed by atoms with Crippen molar-refractivity contribution in [2.24, 2.45) is 5.41 Å². The Hall–Kier alpha value is -1.65. The van der Waals surface area contributed by atoms with E-state index in [1.165, 1.54) is 6.07 Å². The molecule has 2 N–H and O–H groups in total. The van der Waals surface area contributed by atoms with E-state index in [4.69, 9.17) is 5.11 Å². The van der Waals surface area contributed by atoms with Gasteiger partial charge in [-0.2, -0.15) is 0 Å². The summed E-state index contributed by atoms with van der Waals surface area (Å²) in [6, 6.07) is 1.46. The molecule has 1 rings (SSSR count). The predicted molar refractivity (Wildman–Crippen MR) is 70.9 cm³/mol. The number of carbonyl (C=O) groups is 1. The van der Waals surface area contributed by atoms with Crippen LogP contribution in [0, 0.1) is 12.3 Å². The molecule has 0 unspecified atom stereocenters. The Morgan fingerprint density at radius 3 is 2.67 bits per heavy atom. The van der Waals surface area contributed by atoms with Gasteiger partial charge in [-0.1, -0.05) is 27.2 Å². The molecule has 1 aromatic rings. The van der Waals surface area contributed by atoms with Crippen molar-refractivity contribution in [1.82, 2.24) is 9.97 Å². The molecule has 5 nitrogen and oxygen atoms in total. The van der Waals surface area contributed by atoms with Crippen LogP contribution in [0.2, 0.25) is 0 Å². The van der Waals surface area contributed by atoms with Crippen molar-refractivity contribution >= 4 is 11.9 Å². The van der Waals surface area contributed by atoms with E-state index in [1.54, 1.807) is 6.92 Å². The number of aryl methyl sites for hydroxylation is 1. The molecule has 18 heavy (non-hydrogen) atoms. The maximum atomic E-state index is 10.9. The predicted octanol–water partition coefficient (Wildman–Crippen LogP) is 2.72. The molecule has 100 valence electrons. The molecule has 5 heteroatoms. The summed E-state index contributed by atoms with van der Waals surface area (Å²) in [5.74, 6) is -0.645. The van der Waals surface area contributed by atoms with Crippen LogP contribution < -0.4 is 5.32 Å². The Labute approximate surface area is 108 Å². The summed E-state index contributed by atoms with van der Waals surface area (Å²) in [5, 5.41) is 12.0. The lowest BCUT2D eigenvalue weighted by atomic mass is 9.88. The quantitative estimate of drug-likeness (QED) is 0.813. The monoisotopic (exact) mass is 251 g/mol. The minimum Gasteiger partial charge on any atom is -0.477 e. The van der Waals surface area contributed by atoms with Gasteiger partial charge in [0.15, 0.2) is 5.69 Å². The number of carboxylic acid groups (broad SMARTS) is 1. The molecule has 0 fully saturated rings. The van der Waals surface area contributed by atoms with Gasteiger partial charge in [0.25, 0.3) is 0 Å². The number of nitrogens with zero attached hydrogens (tertiary/aromatic N) is 2. The maximum Gasteiger partial charge on any atom is 0.354 e. The fraction of sp³-hybridized carbons (Fsp3) is 0.615. The Kier molecular flexibility index (Phi) is 4.64. The molecular weight excluding hydrogens is 230 g/mol. The van der Waals surface area contributed by atoms with Crippen LogP contribution >= 0.6 is 0 Å². The van der Waals surface area contributed by atoms with Gasteiger partial charge in [0.05, 0.1) is 0 Å². The van der Waals surface area contributed by atoms with Crippen LogP contribution in [0.1, 0.15) is 49.8 Å². The van der Waals surface area contributed by atoms with E-state index >= 15 is 0 Å². The fourth-order valence-electron chi connectivity index (χ4n) is 1.84. The van der Waals surface area contributed by atoms with Crippen LogP contribution in [-0.4, -0.2) is 27.6 Å². The van der Waals surface area contributed by atoms with Crippen molar-refractivity contribution in [3.63, 3.8) is 0 Å². The highest BCUT2D eigenvalue weighted by atomic mass is 16.4. The summed E-state index contributed by atoms with van der Waals surface area (Å²) in [6.45, 7) is 8.96. The van der Waals surface area contributed by atoms with E-state index in [1.807, 2.05) is 0 Å². The van der Waals surface area contributed by atoms with Crippen LogP contribution in [0.5, 0.6) is 0 Å². The zero-order chi connectivity index (χ0) is 13.8. The molecule has 1 aromatic heterocycles. The number of carboxylic acids is 1. The van der Waals surface area contributed by atoms with Gasteiger partial charge in [0, 0.05) is 12.2 Å². The van der Waals surface area contributed by atoms with Gasteiger partial charge in [-0.3, -0.25) is 0 Å². The molecule has 0 aromatic carbocycles. The molecule has 0 aliphatic rings. The summed E-state index contributed by atoms with van der Waals surface area (Å²) < 4.78 is 0. The second kappa shape index (κ2) is 5.80.